The molecule has 0 aliphatic heterocycles. The second-order valence-electron chi connectivity index (χ2n) is 6.22. The molecule has 1 amide bonds. The van der Waals surface area contributed by atoms with Crippen LogP contribution in [0.5, 0.6) is 0 Å². The van der Waals surface area contributed by atoms with Crippen molar-refractivity contribution < 1.29 is 13.6 Å². The Kier molecular flexibility index (Phi) is 6.53. The highest BCUT2D eigenvalue weighted by Gasteiger charge is 2.14. The molecule has 0 spiro atoms. The maximum absolute atomic E-state index is 14.0. The molecule has 0 heterocycles. The Morgan fingerprint density at radius 2 is 1.69 bits per heavy atom. The van der Waals surface area contributed by atoms with E-state index in [0.717, 1.165) is 10.0 Å². The molecule has 0 unspecified atom stereocenters. The lowest BCUT2D eigenvalue weighted by Gasteiger charge is -2.10. The van der Waals surface area contributed by atoms with Crippen LogP contribution in [-0.2, 0) is 11.2 Å². The number of carbonyl (C=O) groups excluding carboxylic acids is 1. The van der Waals surface area contributed by atoms with Crippen LogP contribution in [0.25, 0.3) is 6.08 Å². The van der Waals surface area contributed by atoms with Gasteiger partial charge < -0.3 is 5.32 Å². The fourth-order valence-electron chi connectivity index (χ4n) is 2.76. The Hall–Kier alpha value is -3.30. The summed E-state index contributed by atoms with van der Waals surface area (Å²) in [5.41, 5.74) is 1.62. The largest absolute Gasteiger partial charge is 0.319 e. The van der Waals surface area contributed by atoms with Crippen LogP contribution in [0, 0.1) is 23.0 Å². The van der Waals surface area contributed by atoms with Gasteiger partial charge >= 0.3 is 0 Å². The first kappa shape index (κ1) is 20.4. The Labute approximate surface area is 175 Å². The predicted octanol–water partition coefficient (Wildman–Crippen LogP) is 5.86. The van der Waals surface area contributed by atoms with Crippen LogP contribution < -0.4 is 5.32 Å². The van der Waals surface area contributed by atoms with Crippen molar-refractivity contribution in [1.82, 2.24) is 0 Å². The number of carbonyl (C=O) groups is 1. The average Bonchev–Trinajstić information content (AvgIpc) is 2.71. The molecule has 0 fully saturated rings. The predicted molar refractivity (Wildman–Crippen MR) is 112 cm³/mol. The highest BCUT2D eigenvalue weighted by Crippen LogP contribution is 2.23. The van der Waals surface area contributed by atoms with Gasteiger partial charge in [0.15, 0.2) is 0 Å². The maximum Gasteiger partial charge on any atom is 0.266 e. The number of rotatable bonds is 5. The lowest BCUT2D eigenvalue weighted by atomic mass is 9.98. The zero-order valence-corrected chi connectivity index (χ0v) is 16.7. The second kappa shape index (κ2) is 9.26. The van der Waals surface area contributed by atoms with Gasteiger partial charge in [-0.25, -0.2) is 8.78 Å². The van der Waals surface area contributed by atoms with E-state index in [-0.39, 0.29) is 17.1 Å². The van der Waals surface area contributed by atoms with Crippen molar-refractivity contribution in [3.05, 3.63) is 105 Å². The van der Waals surface area contributed by atoms with E-state index in [0.29, 0.717) is 17.5 Å². The third-order valence-corrected chi connectivity index (χ3v) is 4.73. The monoisotopic (exact) mass is 452 g/mol. The lowest BCUT2D eigenvalue weighted by molar-refractivity contribution is -0.112. The fraction of sp³-hybridized carbons (Fsp3) is 0.0435. The summed E-state index contributed by atoms with van der Waals surface area (Å²) < 4.78 is 28.6. The molecular formula is C23H15BrF2N2O. The fourth-order valence-corrected chi connectivity index (χ4v) is 3.14. The van der Waals surface area contributed by atoms with Crippen molar-refractivity contribution in [2.75, 3.05) is 5.32 Å². The number of amides is 1. The van der Waals surface area contributed by atoms with E-state index in [9.17, 15) is 18.8 Å². The molecular weight excluding hydrogens is 438 g/mol. The van der Waals surface area contributed by atoms with E-state index < -0.39 is 11.7 Å². The minimum atomic E-state index is -0.727. The van der Waals surface area contributed by atoms with Gasteiger partial charge in [0.2, 0.25) is 0 Å². The smallest absolute Gasteiger partial charge is 0.266 e. The lowest BCUT2D eigenvalue weighted by Crippen LogP contribution is -2.14. The molecule has 0 radical (unpaired) electrons. The summed E-state index contributed by atoms with van der Waals surface area (Å²) in [4.78, 5) is 12.5. The minimum Gasteiger partial charge on any atom is -0.319 e. The van der Waals surface area contributed by atoms with Gasteiger partial charge in [0.05, 0.1) is 5.69 Å². The summed E-state index contributed by atoms with van der Waals surface area (Å²) in [5.74, 6) is -1.65. The van der Waals surface area contributed by atoms with Gasteiger partial charge in [-0.2, -0.15) is 5.26 Å². The Balaban J connectivity index is 1.94. The highest BCUT2D eigenvalue weighted by molar-refractivity contribution is 9.10. The quantitative estimate of drug-likeness (QED) is 0.389. The number of anilines is 1. The second-order valence-corrected chi connectivity index (χ2v) is 7.13. The number of nitrogens with zero attached hydrogens (tertiary/aromatic N) is 1. The van der Waals surface area contributed by atoms with Gasteiger partial charge in [0.1, 0.15) is 23.3 Å². The van der Waals surface area contributed by atoms with Crippen molar-refractivity contribution >= 4 is 33.6 Å². The Morgan fingerprint density at radius 1 is 1.00 bits per heavy atom. The van der Waals surface area contributed by atoms with E-state index in [1.165, 1.54) is 30.3 Å². The molecule has 6 heteroatoms. The van der Waals surface area contributed by atoms with Crippen LogP contribution in [0.4, 0.5) is 14.5 Å². The molecule has 3 aromatic carbocycles. The maximum atomic E-state index is 14.0. The van der Waals surface area contributed by atoms with Crippen molar-refractivity contribution in [3.8, 4) is 6.07 Å². The normalized spacial score (nSPS) is 11.0. The standard InChI is InChI=1S/C23H15BrF2N2O/c24-19-10-9-15(11-16-5-1-2-6-20(16)25)17(13-19)12-18(14-27)23(29)28-22-8-4-3-7-21(22)26/h1-10,12-13H,11H2,(H,28,29)/b18-12+. The Morgan fingerprint density at radius 3 is 2.38 bits per heavy atom. The summed E-state index contributed by atoms with van der Waals surface area (Å²) >= 11 is 3.37. The van der Waals surface area contributed by atoms with Gasteiger partial charge in [-0.15, -0.1) is 0 Å². The SMILES string of the molecule is N#C/C(=C\c1cc(Br)ccc1Cc1ccccc1F)C(=O)Nc1ccccc1F. The number of nitriles is 1. The number of benzene rings is 3. The van der Waals surface area contributed by atoms with Gasteiger partial charge in [0, 0.05) is 10.9 Å². The van der Waals surface area contributed by atoms with E-state index in [1.807, 2.05) is 6.07 Å². The van der Waals surface area contributed by atoms with Gasteiger partial charge in [0.25, 0.3) is 5.91 Å². The van der Waals surface area contributed by atoms with Crippen LogP contribution in [0.3, 0.4) is 0 Å². The number of nitrogens with one attached hydrogen (secondary N) is 1. The van der Waals surface area contributed by atoms with Crippen molar-refractivity contribution in [2.24, 2.45) is 0 Å². The van der Waals surface area contributed by atoms with Crippen molar-refractivity contribution in [2.45, 2.75) is 6.42 Å². The first-order chi connectivity index (χ1) is 14.0. The molecule has 0 atom stereocenters. The van der Waals surface area contributed by atoms with Crippen LogP contribution >= 0.6 is 15.9 Å². The van der Waals surface area contributed by atoms with Crippen molar-refractivity contribution in [3.63, 3.8) is 0 Å². The molecule has 29 heavy (non-hydrogen) atoms. The average molecular weight is 453 g/mol. The molecule has 0 aliphatic carbocycles. The zero-order chi connectivity index (χ0) is 20.8. The number of para-hydroxylation sites is 1. The van der Waals surface area contributed by atoms with E-state index in [4.69, 9.17) is 0 Å². The first-order valence-electron chi connectivity index (χ1n) is 8.67. The zero-order valence-electron chi connectivity index (χ0n) is 15.1. The molecule has 1 N–H and O–H groups in total. The number of hydrogen-bond acceptors (Lipinski definition) is 2. The van der Waals surface area contributed by atoms with Gasteiger partial charge in [-0.3, -0.25) is 4.79 Å². The van der Waals surface area contributed by atoms with Crippen LogP contribution in [0.15, 0.2) is 76.8 Å². The first-order valence-corrected chi connectivity index (χ1v) is 9.46. The topological polar surface area (TPSA) is 52.9 Å². The summed E-state index contributed by atoms with van der Waals surface area (Å²) in [6.45, 7) is 0. The van der Waals surface area contributed by atoms with Crippen LogP contribution in [0.2, 0.25) is 0 Å². The molecule has 144 valence electrons. The van der Waals surface area contributed by atoms with Crippen LogP contribution in [-0.4, -0.2) is 5.91 Å². The molecule has 0 aromatic heterocycles. The third kappa shape index (κ3) is 5.15. The molecule has 0 saturated carbocycles. The van der Waals surface area contributed by atoms with E-state index in [2.05, 4.69) is 21.2 Å². The highest BCUT2D eigenvalue weighted by atomic mass is 79.9. The third-order valence-electron chi connectivity index (χ3n) is 4.23. The summed E-state index contributed by atoms with van der Waals surface area (Å²) in [5, 5.41) is 11.9. The number of hydrogen-bond donors (Lipinski definition) is 1. The molecule has 3 nitrogen and oxygen atoms in total. The van der Waals surface area contributed by atoms with Crippen molar-refractivity contribution in [1.29, 1.82) is 5.26 Å². The molecule has 0 aliphatic rings. The summed E-state index contributed by atoms with van der Waals surface area (Å²) in [6, 6.07) is 19.3. The molecule has 0 bridgehead atoms. The van der Waals surface area contributed by atoms with E-state index in [1.54, 1.807) is 42.5 Å². The van der Waals surface area contributed by atoms with E-state index >= 15 is 0 Å². The van der Waals surface area contributed by atoms with Gasteiger partial charge in [-0.1, -0.05) is 52.3 Å². The van der Waals surface area contributed by atoms with Crippen LogP contribution in [0.1, 0.15) is 16.7 Å². The van der Waals surface area contributed by atoms with Gasteiger partial charge in [-0.05, 0) is 53.1 Å². The molecule has 3 aromatic rings. The number of halogens is 3. The summed E-state index contributed by atoms with van der Waals surface area (Å²) in [6.07, 6.45) is 1.70. The summed E-state index contributed by atoms with van der Waals surface area (Å²) in [7, 11) is 0. The molecule has 0 saturated heterocycles. The Bertz CT molecular complexity index is 1140. The minimum absolute atomic E-state index is 0.0144. The molecule has 3 rings (SSSR count).